The van der Waals surface area contributed by atoms with E-state index in [4.69, 9.17) is 9.47 Å². The van der Waals surface area contributed by atoms with Gasteiger partial charge in [-0.15, -0.1) is 0 Å². The monoisotopic (exact) mass is 186 g/mol. The van der Waals surface area contributed by atoms with Crippen molar-refractivity contribution in [3.8, 4) is 0 Å². The van der Waals surface area contributed by atoms with Crippen LogP contribution in [0, 0.1) is 0 Å². The van der Waals surface area contributed by atoms with Crippen molar-refractivity contribution in [1.82, 2.24) is 0 Å². The van der Waals surface area contributed by atoms with Crippen LogP contribution in [0.4, 0.5) is 0 Å². The molecule has 0 amide bonds. The summed E-state index contributed by atoms with van der Waals surface area (Å²) in [7, 11) is 0. The van der Waals surface area contributed by atoms with Gasteiger partial charge >= 0.3 is 5.97 Å². The van der Waals surface area contributed by atoms with Crippen LogP contribution >= 0.6 is 0 Å². The molecule has 0 atom stereocenters. The Morgan fingerprint density at radius 1 is 1.15 bits per heavy atom. The van der Waals surface area contributed by atoms with E-state index >= 15 is 0 Å². The van der Waals surface area contributed by atoms with Crippen LogP contribution in [-0.2, 0) is 14.3 Å². The molecule has 13 heavy (non-hydrogen) atoms. The zero-order valence-corrected chi connectivity index (χ0v) is 8.47. The lowest BCUT2D eigenvalue weighted by molar-refractivity contribution is -0.143. The fourth-order valence-corrected chi connectivity index (χ4v) is 0.674. The summed E-state index contributed by atoms with van der Waals surface area (Å²) in [6.07, 6.45) is 2.75. The Labute approximate surface area is 79.7 Å². The number of unbranched alkanes of at least 4 members (excludes halogenated alkanes) is 1. The quantitative estimate of drug-likeness (QED) is 0.265. The van der Waals surface area contributed by atoms with Crippen LogP contribution in [0.3, 0.4) is 0 Å². The summed E-state index contributed by atoms with van der Waals surface area (Å²) in [5.74, 6) is -0.333. The molecule has 0 aliphatic heterocycles. The van der Waals surface area contributed by atoms with Crippen LogP contribution in [0.25, 0.3) is 0 Å². The van der Waals surface area contributed by atoms with Crippen LogP contribution in [-0.4, -0.2) is 19.2 Å². The van der Waals surface area contributed by atoms with E-state index in [-0.39, 0.29) is 5.76 Å². The number of hydrogen-bond acceptors (Lipinski definition) is 3. The predicted octanol–water partition coefficient (Wildman–Crippen LogP) is 2.27. The zero-order chi connectivity index (χ0) is 10.1. The van der Waals surface area contributed by atoms with E-state index < -0.39 is 5.97 Å². The predicted molar refractivity (Wildman–Crippen MR) is 51.3 cm³/mol. The van der Waals surface area contributed by atoms with E-state index in [1.165, 1.54) is 0 Å². The normalized spacial score (nSPS) is 9.38. The molecular weight excluding hydrogens is 168 g/mol. The van der Waals surface area contributed by atoms with Crippen molar-refractivity contribution in [1.29, 1.82) is 0 Å². The van der Waals surface area contributed by atoms with Gasteiger partial charge in [0.1, 0.15) is 0 Å². The van der Waals surface area contributed by atoms with Gasteiger partial charge in [-0.2, -0.15) is 0 Å². The van der Waals surface area contributed by atoms with E-state index in [1.54, 1.807) is 0 Å². The van der Waals surface area contributed by atoms with E-state index in [0.717, 1.165) is 19.3 Å². The van der Waals surface area contributed by atoms with Crippen LogP contribution in [0.15, 0.2) is 12.3 Å². The Morgan fingerprint density at radius 3 is 2.38 bits per heavy atom. The standard InChI is InChI=1S/C10H18O3/c1-4-6-8-13-10(11)9(3)12-7-5-2/h3-8H2,1-2H3. The molecule has 0 aliphatic rings. The maximum absolute atomic E-state index is 11.1. The second kappa shape index (κ2) is 7.65. The van der Waals surface area contributed by atoms with Gasteiger partial charge in [0.25, 0.3) is 0 Å². The lowest BCUT2D eigenvalue weighted by Crippen LogP contribution is -2.10. The maximum atomic E-state index is 11.1. The SMILES string of the molecule is C=C(OCCC)C(=O)OCCCC. The first kappa shape index (κ1) is 12.0. The van der Waals surface area contributed by atoms with Crippen molar-refractivity contribution in [2.45, 2.75) is 33.1 Å². The summed E-state index contributed by atoms with van der Waals surface area (Å²) in [6, 6.07) is 0. The highest BCUT2D eigenvalue weighted by Crippen LogP contribution is 1.99. The van der Waals surface area contributed by atoms with Gasteiger partial charge in [-0.3, -0.25) is 0 Å². The van der Waals surface area contributed by atoms with Crippen LogP contribution in [0.2, 0.25) is 0 Å². The average Bonchev–Trinajstić information content (AvgIpc) is 2.14. The topological polar surface area (TPSA) is 35.5 Å². The lowest BCUT2D eigenvalue weighted by atomic mass is 10.4. The minimum absolute atomic E-state index is 0.109. The third-order valence-electron chi connectivity index (χ3n) is 1.44. The highest BCUT2D eigenvalue weighted by atomic mass is 16.6. The minimum Gasteiger partial charge on any atom is -0.487 e. The zero-order valence-electron chi connectivity index (χ0n) is 8.47. The first-order valence-electron chi connectivity index (χ1n) is 4.71. The Hall–Kier alpha value is -0.990. The molecule has 0 bridgehead atoms. The van der Waals surface area contributed by atoms with Gasteiger partial charge in [0.05, 0.1) is 13.2 Å². The Kier molecular flexibility index (Phi) is 7.07. The van der Waals surface area contributed by atoms with Gasteiger partial charge in [0, 0.05) is 0 Å². The summed E-state index contributed by atoms with van der Waals surface area (Å²) < 4.78 is 9.89. The molecular formula is C10H18O3. The Bertz CT molecular complexity index is 164. The van der Waals surface area contributed by atoms with Crippen molar-refractivity contribution < 1.29 is 14.3 Å². The van der Waals surface area contributed by atoms with Crippen LogP contribution in [0.5, 0.6) is 0 Å². The van der Waals surface area contributed by atoms with Crippen LogP contribution < -0.4 is 0 Å². The number of rotatable bonds is 7. The molecule has 0 N–H and O–H groups in total. The maximum Gasteiger partial charge on any atom is 0.372 e. The summed E-state index contributed by atoms with van der Waals surface area (Å²) in [6.45, 7) is 8.44. The highest BCUT2D eigenvalue weighted by Gasteiger charge is 2.08. The highest BCUT2D eigenvalue weighted by molar-refractivity contribution is 5.85. The molecule has 0 unspecified atom stereocenters. The second-order valence-electron chi connectivity index (χ2n) is 2.76. The Morgan fingerprint density at radius 2 is 1.85 bits per heavy atom. The van der Waals surface area contributed by atoms with E-state index in [9.17, 15) is 4.79 Å². The van der Waals surface area contributed by atoms with Crippen molar-refractivity contribution in [3.05, 3.63) is 12.3 Å². The number of esters is 1. The van der Waals surface area contributed by atoms with Crippen molar-refractivity contribution in [3.63, 3.8) is 0 Å². The second-order valence-corrected chi connectivity index (χ2v) is 2.76. The first-order chi connectivity index (χ1) is 6.22. The van der Waals surface area contributed by atoms with E-state index in [1.807, 2.05) is 13.8 Å². The smallest absolute Gasteiger partial charge is 0.372 e. The molecule has 76 valence electrons. The lowest BCUT2D eigenvalue weighted by Gasteiger charge is -2.07. The number of hydrogen-bond donors (Lipinski definition) is 0. The molecule has 0 saturated heterocycles. The van der Waals surface area contributed by atoms with Gasteiger partial charge in [0.2, 0.25) is 0 Å². The Balaban J connectivity index is 3.51. The van der Waals surface area contributed by atoms with Gasteiger partial charge in [0.15, 0.2) is 5.76 Å². The number of carbonyl (C=O) groups excluding carboxylic acids is 1. The molecule has 0 saturated carbocycles. The molecule has 0 aromatic carbocycles. The summed E-state index contributed by atoms with van der Waals surface area (Å²) in [4.78, 5) is 11.1. The average molecular weight is 186 g/mol. The van der Waals surface area contributed by atoms with Gasteiger partial charge in [-0.1, -0.05) is 20.3 Å². The molecule has 0 rings (SSSR count). The number of carbonyl (C=O) groups is 1. The third-order valence-corrected chi connectivity index (χ3v) is 1.44. The van der Waals surface area contributed by atoms with Crippen molar-refractivity contribution in [2.24, 2.45) is 0 Å². The van der Waals surface area contributed by atoms with Crippen molar-refractivity contribution >= 4 is 5.97 Å². The van der Waals surface area contributed by atoms with E-state index in [0.29, 0.717) is 13.2 Å². The molecule has 0 heterocycles. The molecule has 3 nitrogen and oxygen atoms in total. The molecule has 0 spiro atoms. The molecule has 0 aromatic rings. The fourth-order valence-electron chi connectivity index (χ4n) is 0.674. The van der Waals surface area contributed by atoms with Gasteiger partial charge in [-0.05, 0) is 19.4 Å². The fraction of sp³-hybridized carbons (Fsp3) is 0.700. The largest absolute Gasteiger partial charge is 0.487 e. The summed E-state index contributed by atoms with van der Waals surface area (Å²) in [5.41, 5.74) is 0. The third kappa shape index (κ3) is 6.20. The molecule has 0 aromatic heterocycles. The molecule has 3 heteroatoms. The van der Waals surface area contributed by atoms with E-state index in [2.05, 4.69) is 6.58 Å². The first-order valence-corrected chi connectivity index (χ1v) is 4.71. The molecule has 0 aliphatic carbocycles. The van der Waals surface area contributed by atoms with Crippen molar-refractivity contribution in [2.75, 3.05) is 13.2 Å². The van der Waals surface area contributed by atoms with Gasteiger partial charge in [-0.25, -0.2) is 4.79 Å². The summed E-state index contributed by atoms with van der Waals surface area (Å²) in [5, 5.41) is 0. The van der Waals surface area contributed by atoms with Gasteiger partial charge < -0.3 is 9.47 Å². The minimum atomic E-state index is -0.443. The molecule has 0 radical (unpaired) electrons. The summed E-state index contributed by atoms with van der Waals surface area (Å²) >= 11 is 0. The number of ether oxygens (including phenoxy) is 2. The molecule has 0 fully saturated rings. The van der Waals surface area contributed by atoms with Crippen LogP contribution in [0.1, 0.15) is 33.1 Å².